The normalized spacial score (nSPS) is 10.8. The molecule has 1 N–H and O–H groups in total. The monoisotopic (exact) mass is 438 g/mol. The second-order valence-corrected chi connectivity index (χ2v) is 6.58. The highest BCUT2D eigenvalue weighted by Crippen LogP contribution is 2.35. The quantitative estimate of drug-likeness (QED) is 0.493. The summed E-state index contributed by atoms with van der Waals surface area (Å²) in [6.07, 6.45) is 2.97. The number of alkyl halides is 2. The number of carbonyl (C=O) groups excluding carboxylic acids is 1. The van der Waals surface area contributed by atoms with E-state index >= 15 is 0 Å². The van der Waals surface area contributed by atoms with Crippen LogP contribution in [0.3, 0.4) is 0 Å². The van der Waals surface area contributed by atoms with Crippen molar-refractivity contribution in [2.24, 2.45) is 0 Å². The second kappa shape index (κ2) is 9.65. The molecule has 0 atom stereocenters. The molecule has 0 unspecified atom stereocenters. The Morgan fingerprint density at radius 1 is 1.07 bits per heavy atom. The Morgan fingerprint density at radius 2 is 1.79 bits per heavy atom. The van der Waals surface area contributed by atoms with E-state index in [1.165, 1.54) is 36.7 Å². The molecule has 0 radical (unpaired) electrons. The predicted molar refractivity (Wildman–Crippen MR) is 105 cm³/mol. The molecule has 29 heavy (non-hydrogen) atoms. The van der Waals surface area contributed by atoms with Crippen molar-refractivity contribution in [3.63, 3.8) is 0 Å². The van der Waals surface area contributed by atoms with Crippen molar-refractivity contribution in [3.8, 4) is 16.9 Å². The first kappa shape index (κ1) is 21.0. The van der Waals surface area contributed by atoms with Gasteiger partial charge in [-0.25, -0.2) is 5.48 Å². The number of hydroxylamine groups is 1. The molecule has 0 fully saturated rings. The summed E-state index contributed by atoms with van der Waals surface area (Å²) in [6, 6.07) is 12.6. The zero-order valence-corrected chi connectivity index (χ0v) is 16.3. The average molecular weight is 439 g/mol. The Balaban J connectivity index is 1.70. The number of benzene rings is 2. The minimum Gasteiger partial charge on any atom is -0.435 e. The second-order valence-electron chi connectivity index (χ2n) is 5.76. The summed E-state index contributed by atoms with van der Waals surface area (Å²) in [4.78, 5) is 21.4. The lowest BCUT2D eigenvalue weighted by Gasteiger charge is -2.13. The van der Waals surface area contributed by atoms with Crippen molar-refractivity contribution < 1.29 is 23.1 Å². The SMILES string of the molecule is O=C(NOCc1ccccc1-c1c(Cl)cncc1Cl)c1cccc(OC(F)F)c1. The zero-order valence-electron chi connectivity index (χ0n) is 14.7. The fourth-order valence-electron chi connectivity index (χ4n) is 2.61. The van der Waals surface area contributed by atoms with Gasteiger partial charge < -0.3 is 4.74 Å². The number of hydrogen-bond donors (Lipinski definition) is 1. The molecule has 150 valence electrons. The summed E-state index contributed by atoms with van der Waals surface area (Å²) >= 11 is 12.5. The van der Waals surface area contributed by atoms with E-state index in [1.807, 2.05) is 12.1 Å². The van der Waals surface area contributed by atoms with Crippen molar-refractivity contribution in [3.05, 3.63) is 82.1 Å². The molecular formula is C20H14Cl2F2N2O3. The number of nitrogens with one attached hydrogen (secondary N) is 1. The van der Waals surface area contributed by atoms with Crippen LogP contribution in [-0.4, -0.2) is 17.5 Å². The van der Waals surface area contributed by atoms with E-state index in [2.05, 4.69) is 15.2 Å². The summed E-state index contributed by atoms with van der Waals surface area (Å²) in [5, 5.41) is 0.759. The highest BCUT2D eigenvalue weighted by Gasteiger charge is 2.14. The van der Waals surface area contributed by atoms with E-state index in [-0.39, 0.29) is 17.9 Å². The molecule has 0 saturated heterocycles. The van der Waals surface area contributed by atoms with Gasteiger partial charge in [0.2, 0.25) is 0 Å². The van der Waals surface area contributed by atoms with Crippen LogP contribution in [0, 0.1) is 0 Å². The number of nitrogens with zero attached hydrogens (tertiary/aromatic N) is 1. The first-order valence-electron chi connectivity index (χ1n) is 8.30. The first-order valence-corrected chi connectivity index (χ1v) is 9.05. The average Bonchev–Trinajstić information content (AvgIpc) is 2.68. The molecule has 5 nitrogen and oxygen atoms in total. The van der Waals surface area contributed by atoms with Crippen LogP contribution in [0.25, 0.3) is 11.1 Å². The van der Waals surface area contributed by atoms with Crippen LogP contribution in [0.15, 0.2) is 60.9 Å². The molecule has 3 aromatic rings. The van der Waals surface area contributed by atoms with Gasteiger partial charge in [0, 0.05) is 23.5 Å². The fraction of sp³-hybridized carbons (Fsp3) is 0.100. The van der Waals surface area contributed by atoms with Crippen molar-refractivity contribution in [2.45, 2.75) is 13.2 Å². The van der Waals surface area contributed by atoms with Gasteiger partial charge in [0.25, 0.3) is 5.91 Å². The number of carbonyl (C=O) groups is 1. The van der Waals surface area contributed by atoms with Crippen LogP contribution in [0.1, 0.15) is 15.9 Å². The Labute approximate surface area is 175 Å². The van der Waals surface area contributed by atoms with Gasteiger partial charge in [0.05, 0.1) is 10.0 Å². The summed E-state index contributed by atoms with van der Waals surface area (Å²) in [5.41, 5.74) is 4.43. The lowest BCUT2D eigenvalue weighted by atomic mass is 10.0. The number of pyridine rings is 1. The molecule has 0 aliphatic heterocycles. The van der Waals surface area contributed by atoms with E-state index in [0.29, 0.717) is 15.6 Å². The Bertz CT molecular complexity index is 998. The molecule has 0 aliphatic rings. The van der Waals surface area contributed by atoms with Gasteiger partial charge >= 0.3 is 6.61 Å². The maximum atomic E-state index is 12.3. The maximum Gasteiger partial charge on any atom is 0.387 e. The Hall–Kier alpha value is -2.74. The van der Waals surface area contributed by atoms with Gasteiger partial charge in [-0.2, -0.15) is 8.78 Å². The summed E-state index contributed by atoms with van der Waals surface area (Å²) in [5.74, 6) is -0.734. The van der Waals surface area contributed by atoms with Gasteiger partial charge in [0.15, 0.2) is 0 Å². The molecule has 0 spiro atoms. The highest BCUT2D eigenvalue weighted by atomic mass is 35.5. The number of amides is 1. The van der Waals surface area contributed by atoms with Gasteiger partial charge in [-0.1, -0.05) is 53.5 Å². The third-order valence-corrected chi connectivity index (χ3v) is 4.43. The van der Waals surface area contributed by atoms with E-state index in [9.17, 15) is 13.6 Å². The van der Waals surface area contributed by atoms with Crippen molar-refractivity contribution in [1.29, 1.82) is 0 Å². The van der Waals surface area contributed by atoms with Crippen molar-refractivity contribution in [1.82, 2.24) is 10.5 Å². The Kier molecular flexibility index (Phi) is 6.98. The molecule has 2 aromatic carbocycles. The lowest BCUT2D eigenvalue weighted by Crippen LogP contribution is -2.23. The van der Waals surface area contributed by atoms with Crippen LogP contribution in [0.4, 0.5) is 8.78 Å². The Morgan fingerprint density at radius 3 is 2.52 bits per heavy atom. The minimum atomic E-state index is -2.98. The smallest absolute Gasteiger partial charge is 0.387 e. The van der Waals surface area contributed by atoms with Gasteiger partial charge in [-0.15, -0.1) is 0 Å². The minimum absolute atomic E-state index is 0.0180. The van der Waals surface area contributed by atoms with E-state index in [4.69, 9.17) is 28.0 Å². The molecule has 1 aromatic heterocycles. The number of halogens is 4. The molecular weight excluding hydrogens is 425 g/mol. The largest absolute Gasteiger partial charge is 0.435 e. The summed E-state index contributed by atoms with van der Waals surface area (Å²) in [6.45, 7) is -2.96. The number of ether oxygens (including phenoxy) is 1. The maximum absolute atomic E-state index is 12.3. The number of hydrogen-bond acceptors (Lipinski definition) is 4. The van der Waals surface area contributed by atoms with Gasteiger partial charge in [-0.3, -0.25) is 14.6 Å². The third kappa shape index (κ3) is 5.41. The van der Waals surface area contributed by atoms with E-state index in [1.54, 1.807) is 12.1 Å². The molecule has 0 saturated carbocycles. The van der Waals surface area contributed by atoms with E-state index in [0.717, 1.165) is 11.1 Å². The first-order chi connectivity index (χ1) is 14.0. The van der Waals surface area contributed by atoms with E-state index < -0.39 is 12.5 Å². The third-order valence-electron chi connectivity index (χ3n) is 3.85. The summed E-state index contributed by atoms with van der Waals surface area (Å²) in [7, 11) is 0. The van der Waals surface area contributed by atoms with Crippen LogP contribution in [0.5, 0.6) is 5.75 Å². The standard InChI is InChI=1S/C20H14Cl2F2N2O3/c21-16-9-25-10-17(22)18(16)15-7-2-1-4-13(15)11-28-26-19(27)12-5-3-6-14(8-12)29-20(23)24/h1-10,20H,11H2,(H,26,27). The predicted octanol–water partition coefficient (Wildman–Crippen LogP) is 5.52. The topological polar surface area (TPSA) is 60.5 Å². The highest BCUT2D eigenvalue weighted by molar-refractivity contribution is 6.39. The summed E-state index contributed by atoms with van der Waals surface area (Å²) < 4.78 is 28.9. The van der Waals surface area contributed by atoms with Crippen molar-refractivity contribution in [2.75, 3.05) is 0 Å². The number of rotatable bonds is 7. The fourth-order valence-corrected chi connectivity index (χ4v) is 3.18. The molecule has 1 heterocycles. The molecule has 3 rings (SSSR count). The van der Waals surface area contributed by atoms with Gasteiger partial charge in [0.1, 0.15) is 12.4 Å². The van der Waals surface area contributed by atoms with Crippen LogP contribution in [-0.2, 0) is 11.4 Å². The van der Waals surface area contributed by atoms with Crippen molar-refractivity contribution >= 4 is 29.1 Å². The van der Waals surface area contributed by atoms with Crippen LogP contribution in [0.2, 0.25) is 10.0 Å². The lowest BCUT2D eigenvalue weighted by molar-refractivity contribution is -0.0499. The van der Waals surface area contributed by atoms with Crippen LogP contribution >= 0.6 is 23.2 Å². The number of aromatic nitrogens is 1. The zero-order chi connectivity index (χ0) is 20.8. The molecule has 9 heteroatoms. The molecule has 0 bridgehead atoms. The van der Waals surface area contributed by atoms with Gasteiger partial charge in [-0.05, 0) is 29.3 Å². The van der Waals surface area contributed by atoms with Crippen LogP contribution < -0.4 is 10.2 Å². The molecule has 1 amide bonds. The molecule has 0 aliphatic carbocycles.